The van der Waals surface area contributed by atoms with Gasteiger partial charge in [-0.3, -0.25) is 4.79 Å². The monoisotopic (exact) mass is 349 g/mol. The molecule has 1 amide bonds. The molecule has 0 unspecified atom stereocenters. The molecule has 0 spiro atoms. The van der Waals surface area contributed by atoms with Crippen LogP contribution >= 0.6 is 0 Å². The van der Waals surface area contributed by atoms with Crippen molar-refractivity contribution in [3.63, 3.8) is 0 Å². The van der Waals surface area contributed by atoms with Crippen LogP contribution < -0.4 is 10.1 Å². The summed E-state index contributed by atoms with van der Waals surface area (Å²) < 4.78 is 7.64. The van der Waals surface area contributed by atoms with Crippen molar-refractivity contribution in [1.82, 2.24) is 14.9 Å². The van der Waals surface area contributed by atoms with Gasteiger partial charge in [-0.1, -0.05) is 36.4 Å². The lowest BCUT2D eigenvalue weighted by molar-refractivity contribution is -0.123. The summed E-state index contributed by atoms with van der Waals surface area (Å²) in [4.78, 5) is 16.1. The van der Waals surface area contributed by atoms with Gasteiger partial charge in [-0.05, 0) is 42.2 Å². The van der Waals surface area contributed by atoms with E-state index in [0.717, 1.165) is 29.0 Å². The Morgan fingerprint density at radius 2 is 1.88 bits per heavy atom. The van der Waals surface area contributed by atoms with Gasteiger partial charge < -0.3 is 14.6 Å². The normalized spacial score (nSPS) is 10.5. The smallest absolute Gasteiger partial charge is 0.258 e. The molecule has 0 aliphatic carbocycles. The van der Waals surface area contributed by atoms with Crippen LogP contribution in [0.5, 0.6) is 5.75 Å². The average molecular weight is 349 g/mol. The van der Waals surface area contributed by atoms with Gasteiger partial charge in [0.05, 0.1) is 6.33 Å². The standard InChI is InChI=1S/C21H23N3O2/c1-16-3-4-17(2)20(11-16)26-14-21(25)23-12-18-5-7-19(8-6-18)13-24-10-9-22-15-24/h3-11,15H,12-14H2,1-2H3,(H,23,25). The van der Waals surface area contributed by atoms with Crippen LogP contribution in [0.25, 0.3) is 0 Å². The number of ether oxygens (including phenoxy) is 1. The van der Waals surface area contributed by atoms with Gasteiger partial charge in [0.1, 0.15) is 5.75 Å². The fourth-order valence-corrected chi connectivity index (χ4v) is 2.61. The molecule has 0 fully saturated rings. The first-order valence-corrected chi connectivity index (χ1v) is 8.60. The zero-order valence-electron chi connectivity index (χ0n) is 15.1. The third-order valence-corrected chi connectivity index (χ3v) is 4.14. The third-order valence-electron chi connectivity index (χ3n) is 4.14. The third kappa shape index (κ3) is 4.96. The Bertz CT molecular complexity index is 855. The molecule has 0 aliphatic rings. The number of imidazole rings is 1. The Labute approximate surface area is 153 Å². The van der Waals surface area contributed by atoms with Crippen LogP contribution in [0, 0.1) is 13.8 Å². The Morgan fingerprint density at radius 3 is 2.62 bits per heavy atom. The Kier molecular flexibility index (Phi) is 5.69. The summed E-state index contributed by atoms with van der Waals surface area (Å²) in [5.41, 5.74) is 4.38. The summed E-state index contributed by atoms with van der Waals surface area (Å²) >= 11 is 0. The van der Waals surface area contributed by atoms with Crippen molar-refractivity contribution in [2.24, 2.45) is 0 Å². The molecule has 0 aliphatic heterocycles. The number of rotatable bonds is 7. The fraction of sp³-hybridized carbons (Fsp3) is 0.238. The van der Waals surface area contributed by atoms with Gasteiger partial charge in [-0.2, -0.15) is 0 Å². The minimum Gasteiger partial charge on any atom is -0.483 e. The molecule has 1 N–H and O–H groups in total. The number of benzene rings is 2. The highest BCUT2D eigenvalue weighted by atomic mass is 16.5. The predicted molar refractivity (Wildman–Crippen MR) is 101 cm³/mol. The van der Waals surface area contributed by atoms with E-state index < -0.39 is 0 Å². The fourth-order valence-electron chi connectivity index (χ4n) is 2.61. The highest BCUT2D eigenvalue weighted by molar-refractivity contribution is 5.77. The molecular weight excluding hydrogens is 326 g/mol. The number of amides is 1. The van der Waals surface area contributed by atoms with Gasteiger partial charge >= 0.3 is 0 Å². The first-order valence-electron chi connectivity index (χ1n) is 8.60. The van der Waals surface area contributed by atoms with Crippen LogP contribution in [0.1, 0.15) is 22.3 Å². The summed E-state index contributed by atoms with van der Waals surface area (Å²) in [6.45, 7) is 5.26. The topological polar surface area (TPSA) is 56.1 Å². The van der Waals surface area contributed by atoms with Gasteiger partial charge in [0, 0.05) is 25.5 Å². The molecule has 3 aromatic rings. The Morgan fingerprint density at radius 1 is 1.12 bits per heavy atom. The molecule has 3 rings (SSSR count). The molecule has 134 valence electrons. The van der Waals surface area contributed by atoms with Crippen LogP contribution in [0.15, 0.2) is 61.2 Å². The molecular formula is C21H23N3O2. The van der Waals surface area contributed by atoms with Crippen LogP contribution in [-0.4, -0.2) is 22.1 Å². The first kappa shape index (κ1) is 17.7. The van der Waals surface area contributed by atoms with Crippen LogP contribution in [0.4, 0.5) is 0 Å². The van der Waals surface area contributed by atoms with Crippen LogP contribution in [0.3, 0.4) is 0 Å². The summed E-state index contributed by atoms with van der Waals surface area (Å²) in [6, 6.07) is 14.1. The summed E-state index contributed by atoms with van der Waals surface area (Å²) in [5.74, 6) is 0.623. The SMILES string of the molecule is Cc1ccc(C)c(OCC(=O)NCc2ccc(Cn3ccnc3)cc2)c1. The number of nitrogens with one attached hydrogen (secondary N) is 1. The zero-order valence-corrected chi connectivity index (χ0v) is 15.1. The molecule has 0 saturated heterocycles. The number of carbonyl (C=O) groups is 1. The maximum atomic E-state index is 12.0. The second-order valence-corrected chi connectivity index (χ2v) is 6.39. The minimum absolute atomic E-state index is 0.0169. The molecule has 1 aromatic heterocycles. The summed E-state index contributed by atoms with van der Waals surface area (Å²) in [6.07, 6.45) is 5.50. The number of hydrogen-bond donors (Lipinski definition) is 1. The van der Waals surface area contributed by atoms with Crippen molar-refractivity contribution in [3.05, 3.63) is 83.4 Å². The zero-order chi connectivity index (χ0) is 18.4. The summed E-state index contributed by atoms with van der Waals surface area (Å²) in [7, 11) is 0. The lowest BCUT2D eigenvalue weighted by Crippen LogP contribution is -2.28. The molecule has 26 heavy (non-hydrogen) atoms. The highest BCUT2D eigenvalue weighted by Crippen LogP contribution is 2.18. The molecule has 0 saturated carbocycles. The quantitative estimate of drug-likeness (QED) is 0.712. The second kappa shape index (κ2) is 8.34. The number of aromatic nitrogens is 2. The Hall–Kier alpha value is -3.08. The number of carbonyl (C=O) groups excluding carboxylic acids is 1. The highest BCUT2D eigenvalue weighted by Gasteiger charge is 2.05. The van der Waals surface area contributed by atoms with E-state index in [-0.39, 0.29) is 12.5 Å². The van der Waals surface area contributed by atoms with Crippen LogP contribution in [0.2, 0.25) is 0 Å². The summed E-state index contributed by atoms with van der Waals surface area (Å²) in [5, 5.41) is 2.89. The number of nitrogens with zero attached hydrogens (tertiary/aromatic N) is 2. The van der Waals surface area contributed by atoms with Crippen molar-refractivity contribution < 1.29 is 9.53 Å². The van der Waals surface area contributed by atoms with Crippen molar-refractivity contribution in [1.29, 1.82) is 0 Å². The molecule has 5 nitrogen and oxygen atoms in total. The lowest BCUT2D eigenvalue weighted by atomic mass is 10.1. The second-order valence-electron chi connectivity index (χ2n) is 6.39. The molecule has 0 radical (unpaired) electrons. The van der Waals surface area contributed by atoms with E-state index in [1.165, 1.54) is 5.56 Å². The molecule has 0 atom stereocenters. The van der Waals surface area contributed by atoms with Crippen molar-refractivity contribution in [3.8, 4) is 5.75 Å². The van der Waals surface area contributed by atoms with Crippen LogP contribution in [-0.2, 0) is 17.9 Å². The molecule has 1 heterocycles. The van der Waals surface area contributed by atoms with E-state index >= 15 is 0 Å². The van der Waals surface area contributed by atoms with Gasteiger partial charge in [0.15, 0.2) is 6.61 Å². The van der Waals surface area contributed by atoms with E-state index in [1.54, 1.807) is 12.5 Å². The average Bonchev–Trinajstić information content (AvgIpc) is 3.15. The van der Waals surface area contributed by atoms with E-state index in [1.807, 2.05) is 54.9 Å². The van der Waals surface area contributed by atoms with Gasteiger partial charge in [-0.15, -0.1) is 0 Å². The van der Waals surface area contributed by atoms with E-state index in [9.17, 15) is 4.79 Å². The number of aryl methyl sites for hydroxylation is 2. The van der Waals surface area contributed by atoms with Crippen molar-refractivity contribution in [2.45, 2.75) is 26.9 Å². The lowest BCUT2D eigenvalue weighted by Gasteiger charge is -2.11. The molecule has 0 bridgehead atoms. The largest absolute Gasteiger partial charge is 0.483 e. The van der Waals surface area contributed by atoms with Crippen molar-refractivity contribution >= 4 is 5.91 Å². The van der Waals surface area contributed by atoms with Crippen molar-refractivity contribution in [2.75, 3.05) is 6.61 Å². The van der Waals surface area contributed by atoms with Gasteiger partial charge in [0.2, 0.25) is 0 Å². The molecule has 5 heteroatoms. The maximum Gasteiger partial charge on any atom is 0.258 e. The van der Waals surface area contributed by atoms with Gasteiger partial charge in [0.25, 0.3) is 5.91 Å². The Balaban J connectivity index is 1.46. The predicted octanol–water partition coefficient (Wildman–Crippen LogP) is 3.24. The van der Waals surface area contributed by atoms with E-state index in [2.05, 4.69) is 22.4 Å². The van der Waals surface area contributed by atoms with E-state index in [4.69, 9.17) is 4.74 Å². The first-order chi connectivity index (χ1) is 12.6. The maximum absolute atomic E-state index is 12.0. The van der Waals surface area contributed by atoms with E-state index in [0.29, 0.717) is 6.54 Å². The van der Waals surface area contributed by atoms with Gasteiger partial charge in [-0.25, -0.2) is 4.98 Å². The minimum atomic E-state index is -0.131. The number of hydrogen-bond acceptors (Lipinski definition) is 3. The molecule has 2 aromatic carbocycles.